The number of hydrogen-bond donors (Lipinski definition) is 1. The smallest absolute Gasteiger partial charge is 0.264 e. The summed E-state index contributed by atoms with van der Waals surface area (Å²) >= 11 is 1.39. The molecule has 0 saturated carbocycles. The Hall–Kier alpha value is -3.16. The fourth-order valence-electron chi connectivity index (χ4n) is 3.32. The highest BCUT2D eigenvalue weighted by Crippen LogP contribution is 2.31. The summed E-state index contributed by atoms with van der Waals surface area (Å²) in [7, 11) is -2.13. The van der Waals surface area contributed by atoms with Crippen molar-refractivity contribution in [3.8, 4) is 0 Å². The normalized spacial score (nSPS) is 12.5. The molecule has 3 aromatic carbocycles. The summed E-state index contributed by atoms with van der Waals surface area (Å²) in [5, 5.41) is 3.85. The van der Waals surface area contributed by atoms with E-state index in [1.165, 1.54) is 22.7 Å². The summed E-state index contributed by atoms with van der Waals surface area (Å²) < 4.78 is 28.0. The monoisotopic (exact) mass is 450 g/mol. The average Bonchev–Trinajstić information content (AvgIpc) is 3.23. The summed E-state index contributed by atoms with van der Waals surface area (Å²) in [6.07, 6.45) is 0. The Balaban J connectivity index is 1.58. The van der Waals surface area contributed by atoms with E-state index in [9.17, 15) is 13.2 Å². The summed E-state index contributed by atoms with van der Waals surface area (Å²) in [6.45, 7) is 1.95. The molecule has 0 aliphatic heterocycles. The standard InChI is InChI=1S/C24H22N2O3S2/c1-17(18-9-5-3-6-10-18)25-24(27)23-16-19-15-20(13-14-22(19)30-23)26(2)31(28,29)21-11-7-4-8-12-21/h3-17H,1-2H3,(H,25,27). The number of amides is 1. The zero-order valence-electron chi connectivity index (χ0n) is 17.1. The van der Waals surface area contributed by atoms with Gasteiger partial charge in [-0.25, -0.2) is 8.42 Å². The van der Waals surface area contributed by atoms with Gasteiger partial charge in [0.25, 0.3) is 15.9 Å². The summed E-state index contributed by atoms with van der Waals surface area (Å²) in [6, 6.07) is 25.2. The number of hydrogen-bond acceptors (Lipinski definition) is 4. The number of carbonyl (C=O) groups excluding carboxylic acids is 1. The number of nitrogens with zero attached hydrogens (tertiary/aromatic N) is 1. The van der Waals surface area contributed by atoms with Crippen LogP contribution < -0.4 is 9.62 Å². The van der Waals surface area contributed by atoms with Crippen LogP contribution in [0, 0.1) is 0 Å². The highest BCUT2D eigenvalue weighted by molar-refractivity contribution is 7.92. The minimum Gasteiger partial charge on any atom is -0.345 e. The van der Waals surface area contributed by atoms with Gasteiger partial charge in [-0.05, 0) is 54.3 Å². The first-order valence-electron chi connectivity index (χ1n) is 9.79. The zero-order valence-corrected chi connectivity index (χ0v) is 18.8. The fraction of sp³-hybridized carbons (Fsp3) is 0.125. The summed E-state index contributed by atoms with van der Waals surface area (Å²) in [4.78, 5) is 13.6. The number of benzene rings is 3. The molecule has 1 amide bonds. The fourth-order valence-corrected chi connectivity index (χ4v) is 5.48. The molecule has 1 heterocycles. The number of anilines is 1. The van der Waals surface area contributed by atoms with Crippen LogP contribution in [0.2, 0.25) is 0 Å². The molecule has 0 spiro atoms. The molecule has 1 atom stereocenters. The SMILES string of the molecule is CC(NC(=O)c1cc2cc(N(C)S(=O)(=O)c3ccccc3)ccc2s1)c1ccccc1. The van der Waals surface area contributed by atoms with Gasteiger partial charge in [0, 0.05) is 11.7 Å². The van der Waals surface area contributed by atoms with Crippen LogP contribution in [-0.4, -0.2) is 21.4 Å². The lowest BCUT2D eigenvalue weighted by molar-refractivity contribution is 0.0944. The second-order valence-electron chi connectivity index (χ2n) is 7.22. The third-order valence-electron chi connectivity index (χ3n) is 5.14. The van der Waals surface area contributed by atoms with E-state index in [1.54, 1.807) is 48.5 Å². The summed E-state index contributed by atoms with van der Waals surface area (Å²) in [5.74, 6) is -0.149. The molecule has 0 aliphatic rings. The van der Waals surface area contributed by atoms with E-state index in [4.69, 9.17) is 0 Å². The van der Waals surface area contributed by atoms with Gasteiger partial charge in [0.1, 0.15) is 0 Å². The van der Waals surface area contributed by atoms with E-state index in [0.717, 1.165) is 15.6 Å². The van der Waals surface area contributed by atoms with Gasteiger partial charge in [-0.3, -0.25) is 9.10 Å². The van der Waals surface area contributed by atoms with Gasteiger partial charge in [0.05, 0.1) is 21.5 Å². The van der Waals surface area contributed by atoms with Crippen LogP contribution in [-0.2, 0) is 10.0 Å². The maximum absolute atomic E-state index is 12.9. The largest absolute Gasteiger partial charge is 0.345 e. The maximum Gasteiger partial charge on any atom is 0.264 e. The minimum absolute atomic E-state index is 0.114. The van der Waals surface area contributed by atoms with E-state index in [1.807, 2.05) is 43.3 Å². The maximum atomic E-state index is 12.9. The molecule has 4 aromatic rings. The van der Waals surface area contributed by atoms with Gasteiger partial charge >= 0.3 is 0 Å². The van der Waals surface area contributed by atoms with Crippen LogP contribution in [0.5, 0.6) is 0 Å². The molecule has 0 bridgehead atoms. The van der Waals surface area contributed by atoms with Crippen molar-refractivity contribution in [1.82, 2.24) is 5.32 Å². The Labute approximate surface area is 186 Å². The van der Waals surface area contributed by atoms with Crippen LogP contribution >= 0.6 is 11.3 Å². The highest BCUT2D eigenvalue weighted by Gasteiger charge is 2.22. The predicted molar refractivity (Wildman–Crippen MR) is 126 cm³/mol. The number of carbonyl (C=O) groups is 1. The van der Waals surface area contributed by atoms with Crippen LogP contribution in [0.3, 0.4) is 0 Å². The molecule has 0 aliphatic carbocycles. The van der Waals surface area contributed by atoms with Crippen molar-refractivity contribution in [2.45, 2.75) is 17.9 Å². The molecule has 0 radical (unpaired) electrons. The molecule has 158 valence electrons. The topological polar surface area (TPSA) is 66.5 Å². The number of fused-ring (bicyclic) bond motifs is 1. The third kappa shape index (κ3) is 4.33. The Bertz CT molecular complexity index is 1320. The van der Waals surface area contributed by atoms with Crippen molar-refractivity contribution in [2.24, 2.45) is 0 Å². The quantitative estimate of drug-likeness (QED) is 0.438. The van der Waals surface area contributed by atoms with Crippen LogP contribution in [0.1, 0.15) is 28.2 Å². The molecule has 0 saturated heterocycles. The van der Waals surface area contributed by atoms with Gasteiger partial charge in [0.15, 0.2) is 0 Å². The van der Waals surface area contributed by atoms with Crippen molar-refractivity contribution >= 4 is 43.0 Å². The van der Waals surface area contributed by atoms with Crippen LogP contribution in [0.25, 0.3) is 10.1 Å². The second kappa shape index (κ2) is 8.53. The first kappa shape index (κ1) is 21.1. The lowest BCUT2D eigenvalue weighted by atomic mass is 10.1. The van der Waals surface area contributed by atoms with Gasteiger partial charge in [-0.2, -0.15) is 0 Å². The Kier molecular flexibility index (Phi) is 5.80. The molecular weight excluding hydrogens is 428 g/mol. The van der Waals surface area contributed by atoms with E-state index in [2.05, 4.69) is 5.32 Å². The van der Waals surface area contributed by atoms with Gasteiger partial charge in [0.2, 0.25) is 0 Å². The van der Waals surface area contributed by atoms with Gasteiger partial charge in [-0.15, -0.1) is 11.3 Å². The lowest BCUT2D eigenvalue weighted by Crippen LogP contribution is -2.26. The van der Waals surface area contributed by atoms with E-state index >= 15 is 0 Å². The number of sulfonamides is 1. The van der Waals surface area contributed by atoms with Crippen molar-refractivity contribution < 1.29 is 13.2 Å². The van der Waals surface area contributed by atoms with Crippen LogP contribution in [0.15, 0.2) is 89.8 Å². The minimum atomic E-state index is -3.66. The third-order valence-corrected chi connectivity index (χ3v) is 8.05. The van der Waals surface area contributed by atoms with E-state index < -0.39 is 10.0 Å². The number of thiophene rings is 1. The first-order chi connectivity index (χ1) is 14.9. The van der Waals surface area contributed by atoms with Crippen molar-refractivity contribution in [2.75, 3.05) is 11.4 Å². The molecule has 1 aromatic heterocycles. The molecule has 1 N–H and O–H groups in total. The highest BCUT2D eigenvalue weighted by atomic mass is 32.2. The average molecular weight is 451 g/mol. The number of rotatable bonds is 6. The first-order valence-corrected chi connectivity index (χ1v) is 12.1. The lowest BCUT2D eigenvalue weighted by Gasteiger charge is -2.19. The molecule has 5 nitrogen and oxygen atoms in total. The zero-order chi connectivity index (χ0) is 22.0. The van der Waals surface area contributed by atoms with Gasteiger partial charge in [-0.1, -0.05) is 48.5 Å². The van der Waals surface area contributed by atoms with Crippen LogP contribution in [0.4, 0.5) is 5.69 Å². The Morgan fingerprint density at radius 2 is 1.58 bits per heavy atom. The Morgan fingerprint density at radius 3 is 2.26 bits per heavy atom. The van der Waals surface area contributed by atoms with Crippen molar-refractivity contribution in [1.29, 1.82) is 0 Å². The van der Waals surface area contributed by atoms with Crippen molar-refractivity contribution in [3.63, 3.8) is 0 Å². The molecule has 4 rings (SSSR count). The van der Waals surface area contributed by atoms with E-state index in [0.29, 0.717) is 10.6 Å². The molecule has 7 heteroatoms. The van der Waals surface area contributed by atoms with Gasteiger partial charge < -0.3 is 5.32 Å². The molecular formula is C24H22N2O3S2. The second-order valence-corrected chi connectivity index (χ2v) is 10.3. The molecule has 0 fully saturated rings. The number of nitrogens with one attached hydrogen (secondary N) is 1. The summed E-state index contributed by atoms with van der Waals surface area (Å²) in [5.41, 5.74) is 1.57. The Morgan fingerprint density at radius 1 is 0.935 bits per heavy atom. The predicted octanol–water partition coefficient (Wildman–Crippen LogP) is 5.22. The van der Waals surface area contributed by atoms with E-state index in [-0.39, 0.29) is 16.8 Å². The molecule has 1 unspecified atom stereocenters. The van der Waals surface area contributed by atoms with Crippen molar-refractivity contribution in [3.05, 3.63) is 95.4 Å². The molecule has 31 heavy (non-hydrogen) atoms.